The van der Waals surface area contributed by atoms with Crippen LogP contribution in [0.2, 0.25) is 0 Å². The van der Waals surface area contributed by atoms with Crippen molar-refractivity contribution in [3.63, 3.8) is 0 Å². The summed E-state index contributed by atoms with van der Waals surface area (Å²) in [6.45, 7) is 0. The van der Waals surface area contributed by atoms with E-state index in [9.17, 15) is 0 Å². The lowest BCUT2D eigenvalue weighted by Gasteiger charge is -2.31. The third-order valence-corrected chi connectivity index (χ3v) is 18.3. The molecule has 0 N–H and O–H groups in total. The van der Waals surface area contributed by atoms with Crippen LogP contribution in [-0.4, -0.2) is 25.0 Å². The lowest BCUT2D eigenvalue weighted by atomic mass is 9.70. The fourth-order valence-corrected chi connectivity index (χ4v) is 14.3. The molecule has 9 nitrogen and oxygen atoms in total. The largest absolute Gasteiger partial charge is 0.416 e. The predicted molar refractivity (Wildman–Crippen MR) is 369 cm³/mol. The fraction of sp³-hybridized carbons (Fsp3) is 0.0120. The molecule has 18 rings (SSSR count). The highest BCUT2D eigenvalue weighted by molar-refractivity contribution is 6.09. The average molecular weight is 1180 g/mol. The van der Waals surface area contributed by atoms with E-state index in [0.29, 0.717) is 34.7 Å². The number of fused-ring (bicyclic) bond motifs is 13. The molecular weight excluding hydrogens is 1130 g/mol. The Morgan fingerprint density at radius 3 is 1.04 bits per heavy atom. The first-order valence-corrected chi connectivity index (χ1v) is 30.9. The zero-order valence-corrected chi connectivity index (χ0v) is 49.5. The van der Waals surface area contributed by atoms with Gasteiger partial charge in [-0.05, 0) is 201 Å². The third kappa shape index (κ3) is 8.47. The minimum atomic E-state index is -0.657. The number of anilines is 6. The van der Waals surface area contributed by atoms with E-state index >= 15 is 0 Å². The lowest BCUT2D eigenvalue weighted by molar-refractivity contribution is 0.582. The van der Waals surface area contributed by atoms with Crippen LogP contribution >= 0.6 is 0 Å². The summed E-state index contributed by atoms with van der Waals surface area (Å²) >= 11 is 0. The molecule has 0 unspecified atom stereocenters. The Hall–Kier alpha value is -12.5. The van der Waals surface area contributed by atoms with Gasteiger partial charge in [0, 0.05) is 72.8 Å². The molecule has 0 aliphatic heterocycles. The monoisotopic (exact) mass is 1180 g/mol. The van der Waals surface area contributed by atoms with E-state index in [-0.39, 0.29) is 0 Å². The van der Waals surface area contributed by atoms with Gasteiger partial charge in [0.25, 0.3) is 0 Å². The molecule has 1 spiro atoms. The average Bonchev–Trinajstić information content (AvgIpc) is 1.51. The molecule has 0 amide bonds. The van der Waals surface area contributed by atoms with Gasteiger partial charge in [0.2, 0.25) is 23.6 Å². The number of hydrogen-bond acceptors (Lipinski definition) is 8. The molecule has 3 heterocycles. The van der Waals surface area contributed by atoms with Gasteiger partial charge in [-0.25, -0.2) is 0 Å². The third-order valence-electron chi connectivity index (χ3n) is 18.3. The van der Waals surface area contributed by atoms with Crippen molar-refractivity contribution >= 4 is 55.9 Å². The number of aromatic nitrogens is 5. The summed E-state index contributed by atoms with van der Waals surface area (Å²) in [5, 5.41) is 21.4. The molecule has 16 aromatic rings. The maximum absolute atomic E-state index is 6.73. The van der Waals surface area contributed by atoms with E-state index in [2.05, 4.69) is 281 Å². The van der Waals surface area contributed by atoms with Crippen molar-refractivity contribution in [3.8, 4) is 84.9 Å². The quantitative estimate of drug-likeness (QED) is 0.120. The summed E-state index contributed by atoms with van der Waals surface area (Å²) in [6.07, 6.45) is 0. The molecule has 0 atom stereocenters. The van der Waals surface area contributed by atoms with Crippen LogP contribution in [-0.2, 0) is 5.41 Å². The molecule has 0 fully saturated rings. The highest BCUT2D eigenvalue weighted by Gasteiger charge is 2.52. The highest BCUT2D eigenvalue weighted by Crippen LogP contribution is 2.63. The Kier molecular flexibility index (Phi) is 12.2. The minimum absolute atomic E-state index is 0.348. The van der Waals surface area contributed by atoms with Crippen molar-refractivity contribution in [1.82, 2.24) is 25.0 Å². The van der Waals surface area contributed by atoms with Gasteiger partial charge in [0.05, 0.1) is 16.4 Å². The van der Waals surface area contributed by atoms with E-state index in [1.807, 2.05) is 54.6 Å². The first kappa shape index (κ1) is 52.6. The summed E-state index contributed by atoms with van der Waals surface area (Å²) in [6, 6.07) is 114. The van der Waals surface area contributed by atoms with Crippen molar-refractivity contribution in [1.29, 1.82) is 0 Å². The Morgan fingerprint density at radius 2 is 0.587 bits per heavy atom. The molecule has 0 bridgehead atoms. The Morgan fingerprint density at radius 1 is 0.250 bits per heavy atom. The molecule has 432 valence electrons. The fourth-order valence-electron chi connectivity index (χ4n) is 14.3. The van der Waals surface area contributed by atoms with Gasteiger partial charge in [0.1, 0.15) is 0 Å². The van der Waals surface area contributed by atoms with Crippen LogP contribution in [0, 0.1) is 0 Å². The van der Waals surface area contributed by atoms with Gasteiger partial charge in [-0.15, -0.1) is 20.4 Å². The molecule has 9 heteroatoms. The second-order valence-electron chi connectivity index (χ2n) is 23.4. The van der Waals surface area contributed by atoms with Crippen LogP contribution < -0.4 is 9.80 Å². The molecule has 0 saturated heterocycles. The topological polar surface area (TPSA) is 89.3 Å². The Bertz CT molecular complexity index is 5110. The first-order chi connectivity index (χ1) is 45.6. The zero-order valence-electron chi connectivity index (χ0n) is 49.5. The summed E-state index contributed by atoms with van der Waals surface area (Å²) in [5.41, 5.74) is 23.7. The van der Waals surface area contributed by atoms with Gasteiger partial charge in [-0.1, -0.05) is 176 Å². The zero-order chi connectivity index (χ0) is 60.7. The standard InChI is InChI=1S/C83H53N7O2/c1-5-21-60(22-6-1)88(61-23-7-2-8-24-61)64-42-37-54(38-43-64)79-84-86-81(91-79)58-49-57(50-59(51-58)82-87-85-80(92-82)55-39-44-65(45-40-55)89(62-25-9-3-10-26-62)63-27-11-4-12-28-63)56-41-47-69-70-48-46-66(90-77-35-19-15-31-71(77)72-32-16-20-36-78(72)90)53-76(70)83(75(69)52-56)73-33-17-13-29-67(73)68-30-14-18-34-74(68)83/h1-53H. The van der Waals surface area contributed by atoms with E-state index < -0.39 is 5.41 Å². The van der Waals surface area contributed by atoms with Crippen molar-refractivity contribution in [3.05, 3.63) is 344 Å². The van der Waals surface area contributed by atoms with E-state index in [1.165, 1.54) is 66.3 Å². The molecule has 92 heavy (non-hydrogen) atoms. The Balaban J connectivity index is 0.772. The molecular formula is C83H53N7O2. The van der Waals surface area contributed by atoms with Crippen LogP contribution in [0.15, 0.2) is 330 Å². The molecule has 0 saturated carbocycles. The summed E-state index contributed by atoms with van der Waals surface area (Å²) in [5.74, 6) is 1.48. The smallest absolute Gasteiger partial charge is 0.248 e. The SMILES string of the molecule is c1ccc(N(c2ccccc2)c2ccc(-c3nnc(-c4cc(-c5ccc6c(c5)C5(c7ccccc7-c7ccccc75)c5cc(-n7c8ccccc8c8ccccc87)ccc5-6)cc(-c5nnc(-c6ccc(N(c7ccccc7)c7ccccc7)cc6)o5)c4)o3)cc2)cc1. The molecule has 13 aromatic carbocycles. The van der Waals surface area contributed by atoms with E-state index in [0.717, 1.165) is 62.1 Å². The van der Waals surface area contributed by atoms with Gasteiger partial charge < -0.3 is 23.2 Å². The second kappa shape index (κ2) is 21.4. The van der Waals surface area contributed by atoms with Crippen LogP contribution in [0.3, 0.4) is 0 Å². The normalized spacial score (nSPS) is 12.4. The Labute approximate surface area is 530 Å². The highest BCUT2D eigenvalue weighted by atomic mass is 16.4. The van der Waals surface area contributed by atoms with Gasteiger partial charge >= 0.3 is 0 Å². The molecule has 0 radical (unpaired) electrons. The van der Waals surface area contributed by atoms with Gasteiger partial charge in [-0.2, -0.15) is 0 Å². The molecule has 3 aromatic heterocycles. The summed E-state index contributed by atoms with van der Waals surface area (Å²) < 4.78 is 15.9. The second-order valence-corrected chi connectivity index (χ2v) is 23.4. The van der Waals surface area contributed by atoms with Crippen molar-refractivity contribution in [2.24, 2.45) is 0 Å². The van der Waals surface area contributed by atoms with Crippen LogP contribution in [0.25, 0.3) is 107 Å². The van der Waals surface area contributed by atoms with Gasteiger partial charge in [-0.3, -0.25) is 0 Å². The minimum Gasteiger partial charge on any atom is -0.416 e. The van der Waals surface area contributed by atoms with Crippen LogP contribution in [0.5, 0.6) is 0 Å². The predicted octanol–water partition coefficient (Wildman–Crippen LogP) is 21.2. The van der Waals surface area contributed by atoms with Crippen LogP contribution in [0.1, 0.15) is 22.3 Å². The maximum Gasteiger partial charge on any atom is 0.248 e. The molecule has 2 aliphatic rings. The molecule has 2 aliphatic carbocycles. The maximum atomic E-state index is 6.73. The number of nitrogens with zero attached hydrogens (tertiary/aromatic N) is 7. The number of benzene rings is 13. The van der Waals surface area contributed by atoms with Crippen molar-refractivity contribution in [2.45, 2.75) is 5.41 Å². The van der Waals surface area contributed by atoms with E-state index in [1.54, 1.807) is 0 Å². The summed E-state index contributed by atoms with van der Waals surface area (Å²) in [4.78, 5) is 4.46. The first-order valence-electron chi connectivity index (χ1n) is 30.9. The van der Waals surface area contributed by atoms with E-state index in [4.69, 9.17) is 29.2 Å². The number of para-hydroxylation sites is 6. The number of hydrogen-bond donors (Lipinski definition) is 0. The lowest BCUT2D eigenvalue weighted by Crippen LogP contribution is -2.26. The van der Waals surface area contributed by atoms with Crippen molar-refractivity contribution in [2.75, 3.05) is 9.80 Å². The van der Waals surface area contributed by atoms with Gasteiger partial charge in [0.15, 0.2) is 0 Å². The van der Waals surface area contributed by atoms with Crippen molar-refractivity contribution < 1.29 is 8.83 Å². The summed E-state index contributed by atoms with van der Waals surface area (Å²) in [7, 11) is 0. The number of rotatable bonds is 12. The van der Waals surface area contributed by atoms with Crippen LogP contribution in [0.4, 0.5) is 34.1 Å².